The van der Waals surface area contributed by atoms with Crippen molar-refractivity contribution < 1.29 is 9.53 Å². The molecule has 0 saturated carbocycles. The summed E-state index contributed by atoms with van der Waals surface area (Å²) >= 11 is 0. The molecule has 2 heteroatoms. The second kappa shape index (κ2) is 5.54. The largest absolute Gasteiger partial charge is 0.497 e. The summed E-state index contributed by atoms with van der Waals surface area (Å²) in [4.78, 5) is 10.8. The molecule has 82 valence electrons. The second-order valence-electron chi connectivity index (χ2n) is 3.79. The van der Waals surface area contributed by atoms with Crippen molar-refractivity contribution in [3.05, 3.63) is 29.8 Å². The van der Waals surface area contributed by atoms with Crippen LogP contribution in [0, 0.1) is 5.92 Å². The minimum absolute atomic E-state index is 0.0575. The first-order valence-corrected chi connectivity index (χ1v) is 5.32. The van der Waals surface area contributed by atoms with Gasteiger partial charge in [0.25, 0.3) is 0 Å². The molecule has 2 nitrogen and oxygen atoms in total. The summed E-state index contributed by atoms with van der Waals surface area (Å²) in [6.45, 7) is 4.06. The summed E-state index contributed by atoms with van der Waals surface area (Å²) in [6, 6.07) is 7.95. The molecule has 0 bridgehead atoms. The van der Waals surface area contributed by atoms with E-state index in [0.717, 1.165) is 18.5 Å². The zero-order valence-electron chi connectivity index (χ0n) is 9.57. The molecule has 0 heterocycles. The standard InChI is InChI=1S/C13H18O2/c1-4-13(10(2)9-14)11-6-5-7-12(8-11)15-3/h5-10,13H,4H2,1-3H3/t10-,13-/m1/s1. The van der Waals surface area contributed by atoms with Gasteiger partial charge in [0, 0.05) is 5.92 Å². The van der Waals surface area contributed by atoms with Crippen molar-refractivity contribution in [2.75, 3.05) is 7.11 Å². The third-order valence-corrected chi connectivity index (χ3v) is 2.81. The Labute approximate surface area is 91.3 Å². The quantitative estimate of drug-likeness (QED) is 0.692. The molecule has 15 heavy (non-hydrogen) atoms. The Hall–Kier alpha value is -1.31. The lowest BCUT2D eigenvalue weighted by Crippen LogP contribution is -2.10. The van der Waals surface area contributed by atoms with E-state index < -0.39 is 0 Å². The normalized spacial score (nSPS) is 14.3. The van der Waals surface area contributed by atoms with E-state index in [9.17, 15) is 4.79 Å². The monoisotopic (exact) mass is 206 g/mol. The Balaban J connectivity index is 2.95. The minimum atomic E-state index is 0.0575. The maximum atomic E-state index is 10.8. The third kappa shape index (κ3) is 2.82. The van der Waals surface area contributed by atoms with Gasteiger partial charge in [0.1, 0.15) is 12.0 Å². The SMILES string of the molecule is CC[C@@H](c1cccc(OC)c1)[C@H](C)C=O. The highest BCUT2D eigenvalue weighted by Gasteiger charge is 2.17. The average Bonchev–Trinajstić information content (AvgIpc) is 2.30. The lowest BCUT2D eigenvalue weighted by molar-refractivity contribution is -0.111. The summed E-state index contributed by atoms with van der Waals surface area (Å²) in [6.07, 6.45) is 1.99. The number of aldehydes is 1. The van der Waals surface area contributed by atoms with E-state index in [1.165, 1.54) is 5.56 Å². The van der Waals surface area contributed by atoms with Gasteiger partial charge < -0.3 is 9.53 Å². The molecule has 1 aromatic carbocycles. The molecule has 0 radical (unpaired) electrons. The molecule has 0 fully saturated rings. The molecule has 1 aromatic rings. The fourth-order valence-corrected chi connectivity index (χ4v) is 1.88. The Morgan fingerprint density at radius 2 is 2.20 bits per heavy atom. The Kier molecular flexibility index (Phi) is 4.35. The van der Waals surface area contributed by atoms with E-state index in [-0.39, 0.29) is 11.8 Å². The topological polar surface area (TPSA) is 26.3 Å². The van der Waals surface area contributed by atoms with Crippen LogP contribution in [0.3, 0.4) is 0 Å². The number of hydrogen-bond donors (Lipinski definition) is 0. The molecule has 2 atom stereocenters. The number of rotatable bonds is 5. The van der Waals surface area contributed by atoms with E-state index in [2.05, 4.69) is 13.0 Å². The molecule has 1 rings (SSSR count). The molecule has 0 aliphatic carbocycles. The van der Waals surface area contributed by atoms with Crippen LogP contribution in [0.15, 0.2) is 24.3 Å². The van der Waals surface area contributed by atoms with Crippen molar-refractivity contribution in [2.24, 2.45) is 5.92 Å². The van der Waals surface area contributed by atoms with Gasteiger partial charge >= 0.3 is 0 Å². The molecule has 0 aliphatic heterocycles. The van der Waals surface area contributed by atoms with Gasteiger partial charge in [-0.15, -0.1) is 0 Å². The van der Waals surface area contributed by atoms with Crippen molar-refractivity contribution in [2.45, 2.75) is 26.2 Å². The van der Waals surface area contributed by atoms with E-state index in [1.807, 2.05) is 25.1 Å². The fraction of sp³-hybridized carbons (Fsp3) is 0.462. The van der Waals surface area contributed by atoms with Crippen LogP contribution in [0.25, 0.3) is 0 Å². The third-order valence-electron chi connectivity index (χ3n) is 2.81. The van der Waals surface area contributed by atoms with E-state index >= 15 is 0 Å². The van der Waals surface area contributed by atoms with Crippen LogP contribution in [0.2, 0.25) is 0 Å². The van der Waals surface area contributed by atoms with Crippen LogP contribution in [0.1, 0.15) is 31.7 Å². The van der Waals surface area contributed by atoms with Gasteiger partial charge in [0.15, 0.2) is 0 Å². The molecular formula is C13H18O2. The lowest BCUT2D eigenvalue weighted by atomic mass is 9.86. The van der Waals surface area contributed by atoms with Gasteiger partial charge in [-0.1, -0.05) is 26.0 Å². The number of ether oxygens (including phenoxy) is 1. The number of carbonyl (C=O) groups is 1. The molecule has 0 N–H and O–H groups in total. The number of carbonyl (C=O) groups excluding carboxylic acids is 1. The maximum Gasteiger partial charge on any atom is 0.123 e. The van der Waals surface area contributed by atoms with Crippen molar-refractivity contribution in [1.82, 2.24) is 0 Å². The van der Waals surface area contributed by atoms with Gasteiger partial charge in [0.05, 0.1) is 7.11 Å². The van der Waals surface area contributed by atoms with Crippen LogP contribution in [-0.4, -0.2) is 13.4 Å². The first kappa shape index (κ1) is 11.8. The molecule has 0 aliphatic rings. The van der Waals surface area contributed by atoms with E-state index in [0.29, 0.717) is 0 Å². The van der Waals surface area contributed by atoms with Crippen LogP contribution in [0.4, 0.5) is 0 Å². The van der Waals surface area contributed by atoms with Gasteiger partial charge in [-0.3, -0.25) is 0 Å². The Morgan fingerprint density at radius 1 is 1.47 bits per heavy atom. The van der Waals surface area contributed by atoms with Crippen molar-refractivity contribution in [1.29, 1.82) is 0 Å². The fourth-order valence-electron chi connectivity index (χ4n) is 1.88. The highest BCUT2D eigenvalue weighted by atomic mass is 16.5. The van der Waals surface area contributed by atoms with Gasteiger partial charge in [-0.05, 0) is 30.0 Å². The predicted octanol–water partition coefficient (Wildman–Crippen LogP) is 3.02. The molecule has 0 saturated heterocycles. The molecule has 0 unspecified atom stereocenters. The van der Waals surface area contributed by atoms with Crippen molar-refractivity contribution >= 4 is 6.29 Å². The van der Waals surface area contributed by atoms with Crippen LogP contribution in [-0.2, 0) is 4.79 Å². The molecule has 0 aromatic heterocycles. The summed E-state index contributed by atoms with van der Waals surface area (Å²) in [5, 5.41) is 0. The Morgan fingerprint density at radius 3 is 2.73 bits per heavy atom. The van der Waals surface area contributed by atoms with Gasteiger partial charge in [0.2, 0.25) is 0 Å². The summed E-state index contributed by atoms with van der Waals surface area (Å²) in [5.41, 5.74) is 1.18. The van der Waals surface area contributed by atoms with Crippen molar-refractivity contribution in [3.8, 4) is 5.75 Å². The summed E-state index contributed by atoms with van der Waals surface area (Å²) in [5.74, 6) is 1.20. The lowest BCUT2D eigenvalue weighted by Gasteiger charge is -2.18. The molecular weight excluding hydrogens is 188 g/mol. The first-order valence-electron chi connectivity index (χ1n) is 5.32. The van der Waals surface area contributed by atoms with E-state index in [1.54, 1.807) is 7.11 Å². The predicted molar refractivity (Wildman–Crippen MR) is 61.3 cm³/mol. The van der Waals surface area contributed by atoms with Gasteiger partial charge in [-0.25, -0.2) is 0 Å². The van der Waals surface area contributed by atoms with E-state index in [4.69, 9.17) is 4.74 Å². The van der Waals surface area contributed by atoms with Crippen LogP contribution < -0.4 is 4.74 Å². The first-order chi connectivity index (χ1) is 7.22. The summed E-state index contributed by atoms with van der Waals surface area (Å²) < 4.78 is 5.17. The number of hydrogen-bond acceptors (Lipinski definition) is 2. The molecule has 0 spiro atoms. The van der Waals surface area contributed by atoms with Crippen molar-refractivity contribution in [3.63, 3.8) is 0 Å². The maximum absolute atomic E-state index is 10.8. The molecule has 0 amide bonds. The number of methoxy groups -OCH3 is 1. The zero-order valence-corrected chi connectivity index (χ0v) is 9.57. The zero-order chi connectivity index (χ0) is 11.3. The Bertz CT molecular complexity index is 320. The second-order valence-corrected chi connectivity index (χ2v) is 3.79. The highest BCUT2D eigenvalue weighted by molar-refractivity contribution is 5.55. The van der Waals surface area contributed by atoms with Crippen LogP contribution in [0.5, 0.6) is 5.75 Å². The van der Waals surface area contributed by atoms with Crippen LogP contribution >= 0.6 is 0 Å². The minimum Gasteiger partial charge on any atom is -0.497 e. The smallest absolute Gasteiger partial charge is 0.123 e. The number of benzene rings is 1. The summed E-state index contributed by atoms with van der Waals surface area (Å²) in [7, 11) is 1.66. The average molecular weight is 206 g/mol. The highest BCUT2D eigenvalue weighted by Crippen LogP contribution is 2.28. The van der Waals surface area contributed by atoms with Gasteiger partial charge in [-0.2, -0.15) is 0 Å².